The molecule has 2 bridgehead atoms. The first-order chi connectivity index (χ1) is 21.2. The fraction of sp³-hybridized carbons (Fsp3) is 0.222. The molecular formula is C36H27Cl2NO5. The molecule has 44 heavy (non-hydrogen) atoms. The molecule has 6 nitrogen and oxygen atoms in total. The molecule has 0 N–H and O–H groups in total. The van der Waals surface area contributed by atoms with E-state index in [1.54, 1.807) is 48.5 Å². The van der Waals surface area contributed by atoms with Gasteiger partial charge >= 0.3 is 5.97 Å². The summed E-state index contributed by atoms with van der Waals surface area (Å²) in [5.41, 5.74) is 4.78. The van der Waals surface area contributed by atoms with Crippen LogP contribution in [-0.2, 0) is 35.3 Å². The van der Waals surface area contributed by atoms with E-state index >= 15 is 0 Å². The second-order valence-electron chi connectivity index (χ2n) is 11.6. The first-order valence-corrected chi connectivity index (χ1v) is 15.2. The highest BCUT2D eigenvalue weighted by atomic mass is 35.5. The van der Waals surface area contributed by atoms with Crippen molar-refractivity contribution in [2.75, 3.05) is 6.61 Å². The van der Waals surface area contributed by atoms with Crippen molar-refractivity contribution in [2.24, 2.45) is 11.8 Å². The van der Waals surface area contributed by atoms with Gasteiger partial charge in [0.15, 0.2) is 12.4 Å². The minimum absolute atomic E-state index is 0.000215. The highest BCUT2D eigenvalue weighted by Gasteiger charge is 2.73. The number of Topliss-reactive ketones (excluding diaryl/α,β-unsaturated/α-hetero) is 1. The summed E-state index contributed by atoms with van der Waals surface area (Å²) in [6, 6.07) is 29.4. The maximum Gasteiger partial charge on any atom is 0.330 e. The molecule has 1 aliphatic heterocycles. The van der Waals surface area contributed by atoms with Gasteiger partial charge < -0.3 is 4.74 Å². The largest absolute Gasteiger partial charge is 0.456 e. The van der Waals surface area contributed by atoms with Gasteiger partial charge in [-0.15, -0.1) is 23.2 Å². The monoisotopic (exact) mass is 623 g/mol. The number of carbonyl (C=O) groups is 4. The van der Waals surface area contributed by atoms with Crippen LogP contribution in [-0.4, -0.2) is 41.1 Å². The summed E-state index contributed by atoms with van der Waals surface area (Å²) >= 11 is 15.1. The molecule has 4 aromatic rings. The first kappa shape index (κ1) is 28.5. The summed E-state index contributed by atoms with van der Waals surface area (Å²) in [4.78, 5) is 54.0. The molecule has 0 spiro atoms. The molecule has 3 aliphatic carbocycles. The van der Waals surface area contributed by atoms with Gasteiger partial charge in [0.25, 0.3) is 0 Å². The normalized spacial score (nSPS) is 25.2. The van der Waals surface area contributed by atoms with Gasteiger partial charge in [0.1, 0.15) is 15.8 Å². The van der Waals surface area contributed by atoms with Crippen molar-refractivity contribution in [3.8, 4) is 0 Å². The van der Waals surface area contributed by atoms with Gasteiger partial charge in [0, 0.05) is 12.0 Å². The molecule has 0 unspecified atom stereocenters. The number of hydrogen-bond donors (Lipinski definition) is 0. The number of benzene rings is 4. The molecule has 8 rings (SSSR count). The number of amides is 2. The summed E-state index contributed by atoms with van der Waals surface area (Å²) in [6.45, 7) is 1.37. The molecule has 4 aromatic carbocycles. The summed E-state index contributed by atoms with van der Waals surface area (Å²) < 4.78 is 5.53. The Kier molecular flexibility index (Phi) is 6.76. The van der Waals surface area contributed by atoms with E-state index in [-0.39, 0.29) is 6.42 Å². The van der Waals surface area contributed by atoms with Crippen LogP contribution < -0.4 is 0 Å². The summed E-state index contributed by atoms with van der Waals surface area (Å²) in [5.74, 6) is -4.55. The van der Waals surface area contributed by atoms with Crippen molar-refractivity contribution in [3.63, 3.8) is 0 Å². The van der Waals surface area contributed by atoms with Gasteiger partial charge in [-0.1, -0.05) is 109 Å². The lowest BCUT2D eigenvalue weighted by atomic mass is 9.54. The minimum atomic E-state index is -1.38. The Labute approximate surface area is 264 Å². The number of rotatable bonds is 7. The summed E-state index contributed by atoms with van der Waals surface area (Å²) in [7, 11) is 0. The van der Waals surface area contributed by atoms with Crippen molar-refractivity contribution >= 4 is 46.8 Å². The van der Waals surface area contributed by atoms with Crippen molar-refractivity contribution in [2.45, 2.75) is 29.1 Å². The summed E-state index contributed by atoms with van der Waals surface area (Å²) in [6.07, 6.45) is -0.000215. The Morgan fingerprint density at radius 1 is 0.727 bits per heavy atom. The topological polar surface area (TPSA) is 80.8 Å². The van der Waals surface area contributed by atoms with Crippen LogP contribution in [0.2, 0.25) is 0 Å². The number of ether oxygens (including phenoxy) is 1. The lowest BCUT2D eigenvalue weighted by Crippen LogP contribution is -2.57. The van der Waals surface area contributed by atoms with E-state index in [1.807, 2.05) is 61.5 Å². The predicted molar refractivity (Wildman–Crippen MR) is 165 cm³/mol. The molecule has 4 aliphatic rings. The van der Waals surface area contributed by atoms with Gasteiger partial charge in [-0.3, -0.25) is 19.3 Å². The smallest absolute Gasteiger partial charge is 0.330 e. The number of aryl methyl sites for hydroxylation is 1. The standard InChI is InChI=1S/C36H27Cl2NO5/c1-21-15-17-23(18-16-21)29(40)20-44-34(43)28(19-22-9-3-2-4-10-22)39-32(41)30-31(33(39)42)36(38)25-12-6-5-11-24(25)35(30,37)26-13-7-8-14-27(26)36/h2-18,28,30-31H,19-20H2,1H3/t28-,30-,31-,35?,36?/m0/s1. The zero-order valence-corrected chi connectivity index (χ0v) is 25.2. The molecular weight excluding hydrogens is 597 g/mol. The molecule has 1 heterocycles. The van der Waals surface area contributed by atoms with Gasteiger partial charge in [0.2, 0.25) is 11.8 Å². The Balaban J connectivity index is 1.28. The highest BCUT2D eigenvalue weighted by molar-refractivity contribution is 6.36. The fourth-order valence-corrected chi connectivity index (χ4v) is 8.27. The Bertz CT molecular complexity index is 1720. The van der Waals surface area contributed by atoms with Gasteiger partial charge in [-0.25, -0.2) is 4.79 Å². The Morgan fingerprint density at radius 3 is 1.66 bits per heavy atom. The van der Waals surface area contributed by atoms with Crippen molar-refractivity contribution < 1.29 is 23.9 Å². The number of esters is 1. The lowest BCUT2D eigenvalue weighted by molar-refractivity contribution is -0.158. The first-order valence-electron chi connectivity index (χ1n) is 14.4. The number of likely N-dealkylation sites (tertiary alicyclic amines) is 1. The maximum atomic E-state index is 14.5. The molecule has 0 aromatic heterocycles. The average Bonchev–Trinajstić information content (AvgIpc) is 3.32. The van der Waals surface area contributed by atoms with Crippen LogP contribution in [0.25, 0.3) is 0 Å². The number of ketones is 1. The predicted octanol–water partition coefficient (Wildman–Crippen LogP) is 5.93. The van der Waals surface area contributed by atoms with E-state index in [4.69, 9.17) is 27.9 Å². The third-order valence-electron chi connectivity index (χ3n) is 9.19. The fourth-order valence-electron chi connectivity index (χ4n) is 7.17. The minimum Gasteiger partial charge on any atom is -0.456 e. The Morgan fingerprint density at radius 2 is 1.18 bits per heavy atom. The van der Waals surface area contributed by atoms with Crippen molar-refractivity contribution in [1.29, 1.82) is 0 Å². The van der Waals surface area contributed by atoms with Gasteiger partial charge in [0.05, 0.1) is 11.8 Å². The quantitative estimate of drug-likeness (QED) is 0.110. The molecule has 0 radical (unpaired) electrons. The molecule has 8 heteroatoms. The van der Waals surface area contributed by atoms with E-state index in [0.717, 1.165) is 10.5 Å². The van der Waals surface area contributed by atoms with Crippen LogP contribution in [0.1, 0.15) is 43.7 Å². The number of imide groups is 1. The van der Waals surface area contributed by atoms with E-state index in [2.05, 4.69) is 0 Å². The Hall–Kier alpha value is -4.26. The average molecular weight is 625 g/mol. The zero-order chi connectivity index (χ0) is 30.8. The third kappa shape index (κ3) is 4.01. The number of nitrogens with zero attached hydrogens (tertiary/aromatic N) is 1. The van der Waals surface area contributed by atoms with Crippen LogP contribution in [0.3, 0.4) is 0 Å². The molecule has 2 amide bonds. The van der Waals surface area contributed by atoms with E-state index in [9.17, 15) is 19.2 Å². The SMILES string of the molecule is Cc1ccc(C(=O)COC(=O)[C@H](Cc2ccccc2)N2C(=O)[C@@H]3[C@@H](C2=O)C2(Cl)c4ccccc4C3(Cl)c3ccccc32)cc1. The van der Waals surface area contributed by atoms with Crippen LogP contribution in [0.4, 0.5) is 0 Å². The number of alkyl halides is 2. The number of carbonyl (C=O) groups excluding carboxylic acids is 4. The van der Waals surface area contributed by atoms with Crippen molar-refractivity contribution in [3.05, 3.63) is 142 Å². The van der Waals surface area contributed by atoms with Crippen LogP contribution in [0.15, 0.2) is 103 Å². The molecule has 3 atom stereocenters. The number of halogens is 2. The van der Waals surface area contributed by atoms with Crippen LogP contribution in [0, 0.1) is 18.8 Å². The van der Waals surface area contributed by atoms with Crippen LogP contribution >= 0.6 is 23.2 Å². The van der Waals surface area contributed by atoms with Crippen molar-refractivity contribution in [1.82, 2.24) is 4.90 Å². The number of hydrogen-bond acceptors (Lipinski definition) is 5. The van der Waals surface area contributed by atoms with Gasteiger partial charge in [-0.2, -0.15) is 0 Å². The molecule has 1 fully saturated rings. The highest BCUT2D eigenvalue weighted by Crippen LogP contribution is 2.69. The second-order valence-corrected chi connectivity index (χ2v) is 12.8. The summed E-state index contributed by atoms with van der Waals surface area (Å²) in [5, 5.41) is 0. The van der Waals surface area contributed by atoms with Gasteiger partial charge in [-0.05, 0) is 34.7 Å². The van der Waals surface area contributed by atoms with E-state index in [1.165, 1.54) is 0 Å². The maximum absolute atomic E-state index is 14.5. The molecule has 0 saturated carbocycles. The van der Waals surface area contributed by atoms with E-state index in [0.29, 0.717) is 33.4 Å². The van der Waals surface area contributed by atoms with E-state index < -0.39 is 57.8 Å². The zero-order valence-electron chi connectivity index (χ0n) is 23.7. The molecule has 1 saturated heterocycles. The third-order valence-corrected chi connectivity index (χ3v) is 10.5. The lowest BCUT2D eigenvalue weighted by Gasteiger charge is -2.54. The molecule has 220 valence electrons. The van der Waals surface area contributed by atoms with Crippen LogP contribution in [0.5, 0.6) is 0 Å². The second kappa shape index (κ2) is 10.4.